The lowest BCUT2D eigenvalue weighted by Gasteiger charge is -2.32. The van der Waals surface area contributed by atoms with Crippen LogP contribution in [0.2, 0.25) is 0 Å². The van der Waals surface area contributed by atoms with E-state index in [0.717, 1.165) is 5.92 Å². The van der Waals surface area contributed by atoms with Crippen molar-refractivity contribution in [3.8, 4) is 0 Å². The van der Waals surface area contributed by atoms with E-state index in [-0.39, 0.29) is 0 Å². The molecule has 1 heteroatoms. The van der Waals surface area contributed by atoms with E-state index in [1.165, 1.54) is 25.9 Å². The van der Waals surface area contributed by atoms with Gasteiger partial charge in [0.15, 0.2) is 0 Å². The third kappa shape index (κ3) is 3.61. The van der Waals surface area contributed by atoms with Gasteiger partial charge in [-0.25, -0.2) is 0 Å². The molecule has 0 amide bonds. The average molecular weight is 197 g/mol. The maximum absolute atomic E-state index is 2.63. The van der Waals surface area contributed by atoms with Crippen molar-refractivity contribution < 1.29 is 0 Å². The first-order chi connectivity index (χ1) is 6.18. The highest BCUT2D eigenvalue weighted by Gasteiger charge is 2.31. The molecule has 1 unspecified atom stereocenters. The van der Waals surface area contributed by atoms with Gasteiger partial charge in [-0.3, -0.25) is 4.90 Å². The Morgan fingerprint density at radius 1 is 1.07 bits per heavy atom. The summed E-state index contributed by atoms with van der Waals surface area (Å²) >= 11 is 0. The average Bonchev–Trinajstić information content (AvgIpc) is 2.29. The summed E-state index contributed by atoms with van der Waals surface area (Å²) in [5, 5.41) is 0. The van der Waals surface area contributed by atoms with Crippen LogP contribution in [0.4, 0.5) is 0 Å². The smallest absolute Gasteiger partial charge is 0.0125 e. The Balaban J connectivity index is 2.42. The highest BCUT2D eigenvalue weighted by molar-refractivity contribution is 4.86. The van der Waals surface area contributed by atoms with Crippen LogP contribution in [0.25, 0.3) is 0 Å². The molecule has 1 fully saturated rings. The summed E-state index contributed by atoms with van der Waals surface area (Å²) < 4.78 is 0. The molecule has 1 aliphatic rings. The second kappa shape index (κ2) is 3.84. The monoisotopic (exact) mass is 197 g/mol. The molecule has 0 bridgehead atoms. The summed E-state index contributed by atoms with van der Waals surface area (Å²) in [6.45, 7) is 16.6. The fourth-order valence-electron chi connectivity index (χ4n) is 2.47. The topological polar surface area (TPSA) is 3.24 Å². The van der Waals surface area contributed by atoms with Gasteiger partial charge in [-0.15, -0.1) is 0 Å². The molecule has 0 aliphatic carbocycles. The highest BCUT2D eigenvalue weighted by atomic mass is 15.2. The molecule has 0 saturated carbocycles. The summed E-state index contributed by atoms with van der Waals surface area (Å²) in [4.78, 5) is 2.63. The van der Waals surface area contributed by atoms with Gasteiger partial charge in [-0.1, -0.05) is 20.8 Å². The van der Waals surface area contributed by atoms with Crippen molar-refractivity contribution in [3.63, 3.8) is 0 Å². The Labute approximate surface area is 89.9 Å². The van der Waals surface area contributed by atoms with Gasteiger partial charge in [-0.05, 0) is 51.5 Å². The van der Waals surface area contributed by atoms with Gasteiger partial charge in [0, 0.05) is 12.1 Å². The van der Waals surface area contributed by atoms with Crippen LogP contribution in [0, 0.1) is 11.3 Å². The molecule has 0 aromatic rings. The van der Waals surface area contributed by atoms with Crippen LogP contribution in [-0.2, 0) is 0 Å². The zero-order valence-electron chi connectivity index (χ0n) is 10.9. The van der Waals surface area contributed by atoms with Gasteiger partial charge in [0.2, 0.25) is 0 Å². The molecule has 1 saturated heterocycles. The molecule has 1 heterocycles. The minimum Gasteiger partial charge on any atom is -0.298 e. The fourth-order valence-corrected chi connectivity index (χ4v) is 2.47. The Morgan fingerprint density at radius 2 is 1.64 bits per heavy atom. The zero-order valence-corrected chi connectivity index (χ0v) is 10.9. The molecule has 1 rings (SSSR count). The SMILES string of the molecule is CC(C)(C)CC1CCN(C(C)(C)C)C1. The van der Waals surface area contributed by atoms with E-state index < -0.39 is 0 Å². The van der Waals surface area contributed by atoms with E-state index in [9.17, 15) is 0 Å². The number of likely N-dealkylation sites (tertiary alicyclic amines) is 1. The third-order valence-corrected chi connectivity index (χ3v) is 3.14. The highest BCUT2D eigenvalue weighted by Crippen LogP contribution is 2.32. The number of hydrogen-bond donors (Lipinski definition) is 0. The zero-order chi connectivity index (χ0) is 11.0. The van der Waals surface area contributed by atoms with E-state index in [0.29, 0.717) is 11.0 Å². The number of rotatable bonds is 1. The summed E-state index contributed by atoms with van der Waals surface area (Å²) in [6, 6.07) is 0. The van der Waals surface area contributed by atoms with Gasteiger partial charge < -0.3 is 0 Å². The van der Waals surface area contributed by atoms with Crippen LogP contribution in [-0.4, -0.2) is 23.5 Å². The van der Waals surface area contributed by atoms with Gasteiger partial charge >= 0.3 is 0 Å². The first-order valence-electron chi connectivity index (χ1n) is 5.93. The third-order valence-electron chi connectivity index (χ3n) is 3.14. The van der Waals surface area contributed by atoms with Crippen molar-refractivity contribution in [2.45, 2.75) is 59.9 Å². The Bertz CT molecular complexity index is 182. The fraction of sp³-hybridized carbons (Fsp3) is 1.00. The molecule has 1 nitrogen and oxygen atoms in total. The summed E-state index contributed by atoms with van der Waals surface area (Å²) in [6.07, 6.45) is 2.77. The maximum atomic E-state index is 2.63. The van der Waals surface area contributed by atoms with Crippen LogP contribution >= 0.6 is 0 Å². The number of hydrogen-bond acceptors (Lipinski definition) is 1. The lowest BCUT2D eigenvalue weighted by molar-refractivity contribution is 0.161. The van der Waals surface area contributed by atoms with Gasteiger partial charge in [0.1, 0.15) is 0 Å². The molecule has 0 spiro atoms. The predicted octanol–water partition coefficient (Wildman–Crippen LogP) is 3.54. The molecule has 0 N–H and O–H groups in total. The lowest BCUT2D eigenvalue weighted by Crippen LogP contribution is -2.39. The number of nitrogens with zero attached hydrogens (tertiary/aromatic N) is 1. The molecule has 0 aromatic carbocycles. The van der Waals surface area contributed by atoms with Crippen LogP contribution in [0.1, 0.15) is 54.4 Å². The van der Waals surface area contributed by atoms with E-state index in [2.05, 4.69) is 46.4 Å². The second-order valence-electron chi connectivity index (χ2n) is 7.04. The van der Waals surface area contributed by atoms with Crippen molar-refractivity contribution in [3.05, 3.63) is 0 Å². The Morgan fingerprint density at radius 3 is 2.00 bits per heavy atom. The minimum absolute atomic E-state index is 0.368. The van der Waals surface area contributed by atoms with Crippen molar-refractivity contribution in [2.24, 2.45) is 11.3 Å². The van der Waals surface area contributed by atoms with Crippen LogP contribution < -0.4 is 0 Å². The van der Waals surface area contributed by atoms with Crippen molar-refractivity contribution in [1.82, 2.24) is 4.90 Å². The molecular weight excluding hydrogens is 170 g/mol. The molecule has 0 aromatic heterocycles. The Kier molecular flexibility index (Phi) is 3.30. The molecule has 1 atom stereocenters. The quantitative estimate of drug-likeness (QED) is 0.621. The first kappa shape index (κ1) is 12.0. The molecule has 14 heavy (non-hydrogen) atoms. The van der Waals surface area contributed by atoms with Gasteiger partial charge in [-0.2, -0.15) is 0 Å². The van der Waals surface area contributed by atoms with Crippen molar-refractivity contribution >= 4 is 0 Å². The van der Waals surface area contributed by atoms with Gasteiger partial charge in [0.25, 0.3) is 0 Å². The Hall–Kier alpha value is -0.0400. The maximum Gasteiger partial charge on any atom is 0.0125 e. The van der Waals surface area contributed by atoms with Crippen LogP contribution in [0.3, 0.4) is 0 Å². The summed E-state index contributed by atoms with van der Waals surface area (Å²) in [7, 11) is 0. The normalized spacial score (nSPS) is 25.7. The van der Waals surface area contributed by atoms with Crippen molar-refractivity contribution in [2.75, 3.05) is 13.1 Å². The van der Waals surface area contributed by atoms with E-state index >= 15 is 0 Å². The molecule has 84 valence electrons. The summed E-state index contributed by atoms with van der Waals surface area (Å²) in [5.74, 6) is 0.925. The van der Waals surface area contributed by atoms with E-state index in [1.807, 2.05) is 0 Å². The van der Waals surface area contributed by atoms with Gasteiger partial charge in [0.05, 0.1) is 0 Å². The minimum atomic E-state index is 0.368. The largest absolute Gasteiger partial charge is 0.298 e. The van der Waals surface area contributed by atoms with E-state index in [4.69, 9.17) is 0 Å². The molecule has 0 radical (unpaired) electrons. The first-order valence-corrected chi connectivity index (χ1v) is 5.93. The second-order valence-corrected chi connectivity index (χ2v) is 7.04. The van der Waals surface area contributed by atoms with Crippen LogP contribution in [0.15, 0.2) is 0 Å². The summed E-state index contributed by atoms with van der Waals surface area (Å²) in [5.41, 5.74) is 0.866. The predicted molar refractivity (Wildman–Crippen MR) is 63.5 cm³/mol. The molecule has 1 aliphatic heterocycles. The standard InChI is InChI=1S/C13H27N/c1-12(2,3)9-11-7-8-14(10-11)13(4,5)6/h11H,7-10H2,1-6H3. The van der Waals surface area contributed by atoms with Crippen molar-refractivity contribution in [1.29, 1.82) is 0 Å². The molecular formula is C13H27N. The van der Waals surface area contributed by atoms with Crippen LogP contribution in [0.5, 0.6) is 0 Å². The van der Waals surface area contributed by atoms with E-state index in [1.54, 1.807) is 0 Å². The lowest BCUT2D eigenvalue weighted by atomic mass is 9.84.